The molecule has 1 aliphatic heterocycles. The number of hydrogen-bond acceptors (Lipinski definition) is 1. The Morgan fingerprint density at radius 3 is 1.77 bits per heavy atom. The Kier molecular flexibility index (Phi) is 3.86. The van der Waals surface area contributed by atoms with E-state index in [0.717, 1.165) is 55.3 Å². The summed E-state index contributed by atoms with van der Waals surface area (Å²) in [6.07, 6.45) is 8.35. The quantitative estimate of drug-likeness (QED) is 0.285. The number of benzene rings is 1. The van der Waals surface area contributed by atoms with Crippen LogP contribution < -0.4 is 21.4 Å². The van der Waals surface area contributed by atoms with Crippen molar-refractivity contribution in [1.29, 1.82) is 0 Å². The Bertz CT molecular complexity index is 1660. The third kappa shape index (κ3) is 3.42. The number of phenolic OH excluding ortho intramolecular Hbond substituents is 1. The first-order chi connectivity index (χ1) is 15.2. The van der Waals surface area contributed by atoms with Gasteiger partial charge in [-0.2, -0.15) is 0 Å². The van der Waals surface area contributed by atoms with Crippen LogP contribution in [0.3, 0.4) is 0 Å². The van der Waals surface area contributed by atoms with Gasteiger partial charge >= 0.3 is 0 Å². The van der Waals surface area contributed by atoms with Crippen molar-refractivity contribution in [3.8, 4) is 16.9 Å². The molecular weight excluding hydrogens is 384 g/mol. The highest BCUT2D eigenvalue weighted by Gasteiger charge is 2.09. The lowest BCUT2D eigenvalue weighted by Gasteiger charge is -2.01. The number of aromatic hydroxyl groups is 1. The molecule has 5 heteroatoms. The van der Waals surface area contributed by atoms with Gasteiger partial charge in [0.15, 0.2) is 0 Å². The number of aromatic amines is 4. The number of nitrogens with one attached hydrogen (secondary N) is 4. The Hall–Kier alpha value is -4.38. The number of phenols is 1. The Morgan fingerprint density at radius 2 is 1.13 bits per heavy atom. The van der Waals surface area contributed by atoms with Crippen molar-refractivity contribution < 1.29 is 5.11 Å². The van der Waals surface area contributed by atoms with Gasteiger partial charge < -0.3 is 25.0 Å². The van der Waals surface area contributed by atoms with Gasteiger partial charge in [0.05, 0.1) is 0 Å². The highest BCUT2D eigenvalue weighted by Crippen LogP contribution is 2.28. The second kappa shape index (κ2) is 6.85. The van der Waals surface area contributed by atoms with Crippen molar-refractivity contribution in [1.82, 2.24) is 19.9 Å². The van der Waals surface area contributed by atoms with Gasteiger partial charge in [-0.05, 0) is 84.5 Å². The number of H-pyrrole nitrogens is 4. The molecule has 8 bridgehead atoms. The summed E-state index contributed by atoms with van der Waals surface area (Å²) in [5.41, 5.74) is 6.01. The summed E-state index contributed by atoms with van der Waals surface area (Å²) in [5, 5.41) is 14.0. The minimum absolute atomic E-state index is 0.250. The second-order valence-electron chi connectivity index (χ2n) is 7.79. The number of fused-ring (bicyclic) bond motifs is 8. The lowest BCUT2D eigenvalue weighted by atomic mass is 10.1. The molecule has 0 amide bonds. The number of aromatic nitrogens is 4. The zero-order chi connectivity index (χ0) is 20.8. The van der Waals surface area contributed by atoms with E-state index in [2.05, 4.69) is 86.7 Å². The maximum atomic E-state index is 9.98. The molecule has 5 N–H and O–H groups in total. The molecule has 1 aliphatic rings. The predicted molar refractivity (Wildman–Crippen MR) is 123 cm³/mol. The highest BCUT2D eigenvalue weighted by molar-refractivity contribution is 5.77. The maximum Gasteiger partial charge on any atom is 0.116 e. The average molecular weight is 404 g/mol. The Morgan fingerprint density at radius 1 is 0.516 bits per heavy atom. The first-order valence-corrected chi connectivity index (χ1v) is 10.2. The molecule has 5 nitrogen and oxygen atoms in total. The molecule has 5 aromatic rings. The minimum Gasteiger partial charge on any atom is -0.508 e. The summed E-state index contributed by atoms with van der Waals surface area (Å²) >= 11 is 0. The molecule has 4 aromatic heterocycles. The van der Waals surface area contributed by atoms with Gasteiger partial charge in [0, 0.05) is 49.7 Å². The van der Waals surface area contributed by atoms with Crippen molar-refractivity contribution in [3.63, 3.8) is 0 Å². The molecule has 0 aliphatic carbocycles. The van der Waals surface area contributed by atoms with E-state index in [9.17, 15) is 5.11 Å². The van der Waals surface area contributed by atoms with Gasteiger partial charge in [0.25, 0.3) is 0 Å². The molecule has 1 aromatic carbocycles. The topological polar surface area (TPSA) is 83.4 Å². The van der Waals surface area contributed by atoms with Crippen LogP contribution in [0, 0.1) is 0 Å². The zero-order valence-corrected chi connectivity index (χ0v) is 16.6. The van der Waals surface area contributed by atoms with Crippen LogP contribution in [0.2, 0.25) is 0 Å². The van der Waals surface area contributed by atoms with Gasteiger partial charge in [-0.15, -0.1) is 0 Å². The van der Waals surface area contributed by atoms with E-state index in [4.69, 9.17) is 0 Å². The fourth-order valence-corrected chi connectivity index (χ4v) is 4.05. The predicted octanol–water partition coefficient (Wildman–Crippen LogP) is 2.00. The Balaban J connectivity index is 1.63. The van der Waals surface area contributed by atoms with Gasteiger partial charge in [-0.3, -0.25) is 0 Å². The van der Waals surface area contributed by atoms with Gasteiger partial charge in [0.2, 0.25) is 0 Å². The van der Waals surface area contributed by atoms with E-state index in [1.807, 2.05) is 12.1 Å². The van der Waals surface area contributed by atoms with Crippen LogP contribution in [-0.4, -0.2) is 25.0 Å². The van der Waals surface area contributed by atoms with E-state index in [1.165, 1.54) is 0 Å². The highest BCUT2D eigenvalue weighted by atomic mass is 16.3. The van der Waals surface area contributed by atoms with Crippen molar-refractivity contribution in [2.75, 3.05) is 0 Å². The maximum absolute atomic E-state index is 9.98. The fraction of sp³-hybridized carbons (Fsp3) is 0. The molecule has 0 spiro atoms. The first-order valence-electron chi connectivity index (χ1n) is 10.2. The van der Waals surface area contributed by atoms with Crippen molar-refractivity contribution in [3.05, 3.63) is 111 Å². The van der Waals surface area contributed by atoms with Crippen molar-refractivity contribution in [2.45, 2.75) is 0 Å². The van der Waals surface area contributed by atoms with Gasteiger partial charge in [-0.25, -0.2) is 0 Å². The van der Waals surface area contributed by atoms with Crippen LogP contribution in [0.25, 0.3) is 35.4 Å². The third-order valence-electron chi connectivity index (χ3n) is 5.45. The second-order valence-corrected chi connectivity index (χ2v) is 7.79. The van der Waals surface area contributed by atoms with E-state index in [1.54, 1.807) is 12.1 Å². The fourth-order valence-electron chi connectivity index (χ4n) is 4.05. The summed E-state index contributed by atoms with van der Waals surface area (Å²) in [6, 6.07) is 21.8. The molecule has 150 valence electrons. The Labute approximate surface area is 177 Å². The smallest absolute Gasteiger partial charge is 0.116 e. The summed E-state index contributed by atoms with van der Waals surface area (Å²) in [5.74, 6) is 0.250. The van der Waals surface area contributed by atoms with Gasteiger partial charge in [0.1, 0.15) is 5.75 Å². The monoisotopic (exact) mass is 404 g/mol. The normalized spacial score (nSPS) is 12.4. The van der Waals surface area contributed by atoms with Gasteiger partial charge in [-0.1, -0.05) is 12.1 Å². The largest absolute Gasteiger partial charge is 0.508 e. The van der Waals surface area contributed by atoms with E-state index in [0.29, 0.717) is 0 Å². The van der Waals surface area contributed by atoms with E-state index < -0.39 is 0 Å². The molecule has 5 heterocycles. The van der Waals surface area contributed by atoms with Crippen LogP contribution in [0.5, 0.6) is 5.75 Å². The molecule has 0 unspecified atom stereocenters. The minimum atomic E-state index is 0.250. The number of hydrogen-bond donors (Lipinski definition) is 5. The first kappa shape index (κ1) is 17.5. The SMILES string of the molecule is Oc1cccc(-c2cc3[nH]c2C=c2ccc([nH]2)=Cc2ccc([nH]2)C=c2ccc([nH]2)=C3)c1. The molecule has 31 heavy (non-hydrogen) atoms. The van der Waals surface area contributed by atoms with E-state index in [-0.39, 0.29) is 5.75 Å². The lowest BCUT2D eigenvalue weighted by molar-refractivity contribution is 0.475. The lowest BCUT2D eigenvalue weighted by Crippen LogP contribution is -2.10. The standard InChI is InChI=1S/C26H20N4O/c31-24-3-1-2-16(10-24)25-14-23-13-21-7-6-19(28-21)11-17-4-5-18(27-17)12-20-8-9-22(29-20)15-26(25)30-23/h1-15,27-31H. The summed E-state index contributed by atoms with van der Waals surface area (Å²) in [4.78, 5) is 13.8. The van der Waals surface area contributed by atoms with E-state index >= 15 is 0 Å². The molecule has 0 radical (unpaired) electrons. The molecule has 0 saturated heterocycles. The van der Waals surface area contributed by atoms with Crippen molar-refractivity contribution >= 4 is 24.3 Å². The molecular formula is C26H20N4O. The number of rotatable bonds is 1. The van der Waals surface area contributed by atoms with Crippen LogP contribution in [0.15, 0.2) is 66.7 Å². The average Bonchev–Trinajstić information content (AvgIpc) is 3.53. The summed E-state index contributed by atoms with van der Waals surface area (Å²) < 4.78 is 0. The summed E-state index contributed by atoms with van der Waals surface area (Å²) in [7, 11) is 0. The van der Waals surface area contributed by atoms with Crippen LogP contribution in [0.1, 0.15) is 22.8 Å². The van der Waals surface area contributed by atoms with Crippen LogP contribution in [0.4, 0.5) is 0 Å². The van der Waals surface area contributed by atoms with Crippen LogP contribution >= 0.6 is 0 Å². The molecule has 0 saturated carbocycles. The molecule has 6 rings (SSSR count). The molecule has 0 atom stereocenters. The zero-order valence-electron chi connectivity index (χ0n) is 16.6. The van der Waals surface area contributed by atoms with Crippen molar-refractivity contribution in [2.24, 2.45) is 0 Å². The van der Waals surface area contributed by atoms with Crippen LogP contribution in [-0.2, 0) is 0 Å². The third-order valence-corrected chi connectivity index (χ3v) is 5.45. The molecule has 0 fully saturated rings. The summed E-state index contributed by atoms with van der Waals surface area (Å²) in [6.45, 7) is 0.